The molecule has 2 heteroatoms. The molecule has 1 aromatic carbocycles. The maximum atomic E-state index is 12.8. The zero-order chi connectivity index (χ0) is 10.2. The van der Waals surface area contributed by atoms with Crippen LogP contribution in [0.3, 0.4) is 0 Å². The highest BCUT2D eigenvalue weighted by molar-refractivity contribution is 6.53. The topological polar surface area (TPSA) is 0 Å². The van der Waals surface area contributed by atoms with E-state index >= 15 is 0 Å². The Balaban J connectivity index is 2.18. The highest BCUT2D eigenvalue weighted by atomic mass is 19.1. The van der Waals surface area contributed by atoms with Crippen molar-refractivity contribution in [1.82, 2.24) is 0 Å². The van der Waals surface area contributed by atoms with E-state index in [9.17, 15) is 4.39 Å². The van der Waals surface area contributed by atoms with Gasteiger partial charge in [-0.15, -0.1) is 0 Å². The highest BCUT2D eigenvalue weighted by Gasteiger charge is 1.97. The van der Waals surface area contributed by atoms with Crippen molar-refractivity contribution in [3.8, 4) is 0 Å². The third-order valence-electron chi connectivity index (χ3n) is 2.46. The Labute approximate surface area is 86.8 Å². The number of hydrogen-bond acceptors (Lipinski definition) is 0. The van der Waals surface area contributed by atoms with Crippen molar-refractivity contribution >= 4 is 12.7 Å². The maximum Gasteiger partial charge on any atom is 0.157 e. The summed E-state index contributed by atoms with van der Waals surface area (Å²) in [7, 11) is 1.02. The van der Waals surface area contributed by atoms with Crippen LogP contribution in [0.15, 0.2) is 24.3 Å². The van der Waals surface area contributed by atoms with Crippen LogP contribution in [0.5, 0.6) is 0 Å². The van der Waals surface area contributed by atoms with Gasteiger partial charge in [0.1, 0.15) is 5.82 Å². The van der Waals surface area contributed by atoms with Crippen LogP contribution >= 0.6 is 0 Å². The minimum atomic E-state index is -0.115. The molecule has 1 aromatic rings. The van der Waals surface area contributed by atoms with E-state index in [2.05, 4.69) is 6.92 Å². The van der Waals surface area contributed by atoms with Crippen molar-refractivity contribution in [2.75, 3.05) is 0 Å². The molecule has 0 heterocycles. The van der Waals surface area contributed by atoms with Gasteiger partial charge in [-0.2, -0.15) is 0 Å². The Hall–Kier alpha value is -0.785. The average Bonchev–Trinajstić information content (AvgIpc) is 2.18. The fraction of sp³-hybridized carbons (Fsp3) is 0.500. The van der Waals surface area contributed by atoms with Crippen LogP contribution in [0.25, 0.3) is 0 Å². The second-order valence-electron chi connectivity index (χ2n) is 3.79. The average molecular weight is 192 g/mol. The predicted molar refractivity (Wildman–Crippen MR) is 62.1 cm³/mol. The third kappa shape index (κ3) is 4.45. The van der Waals surface area contributed by atoms with Gasteiger partial charge in [0, 0.05) is 0 Å². The molecule has 0 nitrogen and oxygen atoms in total. The van der Waals surface area contributed by atoms with Gasteiger partial charge in [-0.1, -0.05) is 56.5 Å². The second kappa shape index (κ2) is 6.64. The number of unbranched alkanes of at least 4 members (excludes halogenated alkanes) is 3. The van der Waals surface area contributed by atoms with Gasteiger partial charge in [0.25, 0.3) is 0 Å². The molecule has 0 N–H and O–H groups in total. The van der Waals surface area contributed by atoms with Crippen LogP contribution in [-0.4, -0.2) is 7.28 Å². The van der Waals surface area contributed by atoms with E-state index in [0.717, 1.165) is 12.7 Å². The molecule has 0 aliphatic carbocycles. The first-order chi connectivity index (χ1) is 6.83. The molecular formula is C12H18BF. The van der Waals surface area contributed by atoms with E-state index in [-0.39, 0.29) is 5.82 Å². The molecule has 14 heavy (non-hydrogen) atoms. The lowest BCUT2D eigenvalue weighted by atomic mass is 9.66. The monoisotopic (exact) mass is 192 g/mol. The summed E-state index contributed by atoms with van der Waals surface area (Å²) in [5.74, 6) is -0.115. The summed E-state index contributed by atoms with van der Waals surface area (Å²) in [5.41, 5.74) is 1.13. The van der Waals surface area contributed by atoms with Crippen LogP contribution < -0.4 is 5.46 Å². The maximum absolute atomic E-state index is 12.8. The van der Waals surface area contributed by atoms with Gasteiger partial charge in [-0.05, 0) is 12.1 Å². The lowest BCUT2D eigenvalue weighted by molar-refractivity contribution is 0.629. The van der Waals surface area contributed by atoms with Crippen molar-refractivity contribution in [2.24, 2.45) is 0 Å². The van der Waals surface area contributed by atoms with Crippen molar-refractivity contribution < 1.29 is 4.39 Å². The summed E-state index contributed by atoms with van der Waals surface area (Å²) >= 11 is 0. The third-order valence-corrected chi connectivity index (χ3v) is 2.46. The molecule has 0 aliphatic rings. The van der Waals surface area contributed by atoms with Crippen LogP contribution in [-0.2, 0) is 0 Å². The van der Waals surface area contributed by atoms with E-state index in [4.69, 9.17) is 0 Å². The zero-order valence-corrected chi connectivity index (χ0v) is 8.93. The summed E-state index contributed by atoms with van der Waals surface area (Å²) in [6.45, 7) is 2.21. The largest absolute Gasteiger partial charge is 0.207 e. The summed E-state index contributed by atoms with van der Waals surface area (Å²) in [6, 6.07) is 6.93. The Bertz CT molecular complexity index is 260. The van der Waals surface area contributed by atoms with Crippen LogP contribution in [0, 0.1) is 5.82 Å². The molecule has 0 aliphatic heterocycles. The quantitative estimate of drug-likeness (QED) is 0.480. The van der Waals surface area contributed by atoms with Gasteiger partial charge in [-0.3, -0.25) is 0 Å². The number of benzene rings is 1. The van der Waals surface area contributed by atoms with E-state index in [1.54, 1.807) is 12.1 Å². The second-order valence-corrected chi connectivity index (χ2v) is 3.79. The minimum absolute atomic E-state index is 0.115. The van der Waals surface area contributed by atoms with E-state index in [1.807, 2.05) is 6.07 Å². The van der Waals surface area contributed by atoms with Gasteiger partial charge in [0.05, 0.1) is 0 Å². The van der Waals surface area contributed by atoms with Crippen LogP contribution in [0.4, 0.5) is 4.39 Å². The molecule has 0 unspecified atom stereocenters. The van der Waals surface area contributed by atoms with E-state index in [0.29, 0.717) is 0 Å². The SMILES string of the molecule is CCCCCCBc1cccc(F)c1. The first kappa shape index (κ1) is 11.3. The van der Waals surface area contributed by atoms with Gasteiger partial charge >= 0.3 is 0 Å². The standard InChI is InChI=1S/C12H18BF/c1-2-3-4-5-9-13-11-7-6-8-12(14)10-11/h6-8,10,13H,2-5,9H2,1H3. The fourth-order valence-electron chi connectivity index (χ4n) is 1.63. The smallest absolute Gasteiger partial charge is 0.157 e. The fourth-order valence-corrected chi connectivity index (χ4v) is 1.63. The summed E-state index contributed by atoms with van der Waals surface area (Å²) in [6.07, 6.45) is 6.36. The normalized spacial score (nSPS) is 10.1. The highest BCUT2D eigenvalue weighted by Crippen LogP contribution is 2.02. The lowest BCUT2D eigenvalue weighted by Crippen LogP contribution is -2.13. The molecule has 0 saturated heterocycles. The van der Waals surface area contributed by atoms with Crippen LogP contribution in [0.1, 0.15) is 32.6 Å². The summed E-state index contributed by atoms with van der Waals surface area (Å²) in [4.78, 5) is 0. The van der Waals surface area contributed by atoms with E-state index in [1.165, 1.54) is 38.1 Å². The Morgan fingerprint density at radius 3 is 2.79 bits per heavy atom. The molecule has 0 spiro atoms. The Morgan fingerprint density at radius 2 is 2.07 bits per heavy atom. The van der Waals surface area contributed by atoms with E-state index < -0.39 is 0 Å². The molecule has 0 bridgehead atoms. The molecular weight excluding hydrogens is 174 g/mol. The molecule has 0 amide bonds. The summed E-state index contributed by atoms with van der Waals surface area (Å²) in [5, 5.41) is 0. The predicted octanol–water partition coefficient (Wildman–Crippen LogP) is 2.89. The first-order valence-electron chi connectivity index (χ1n) is 5.57. The Kier molecular flexibility index (Phi) is 5.35. The number of rotatable bonds is 6. The first-order valence-corrected chi connectivity index (χ1v) is 5.57. The van der Waals surface area contributed by atoms with Crippen molar-refractivity contribution in [3.63, 3.8) is 0 Å². The Morgan fingerprint density at radius 1 is 1.21 bits per heavy atom. The minimum Gasteiger partial charge on any atom is -0.207 e. The van der Waals surface area contributed by atoms with Crippen molar-refractivity contribution in [2.45, 2.75) is 38.9 Å². The molecule has 76 valence electrons. The molecule has 0 atom stereocenters. The van der Waals surface area contributed by atoms with Crippen LogP contribution in [0.2, 0.25) is 6.32 Å². The molecule has 0 aromatic heterocycles. The van der Waals surface area contributed by atoms with Gasteiger partial charge < -0.3 is 0 Å². The van der Waals surface area contributed by atoms with Crippen molar-refractivity contribution in [1.29, 1.82) is 0 Å². The molecule has 0 fully saturated rings. The number of hydrogen-bond donors (Lipinski definition) is 0. The lowest BCUT2D eigenvalue weighted by Gasteiger charge is -1.99. The zero-order valence-electron chi connectivity index (χ0n) is 8.93. The number of halogens is 1. The van der Waals surface area contributed by atoms with Gasteiger partial charge in [0.2, 0.25) is 0 Å². The molecule has 0 radical (unpaired) electrons. The molecule has 1 rings (SSSR count). The van der Waals surface area contributed by atoms with Gasteiger partial charge in [0.15, 0.2) is 7.28 Å². The van der Waals surface area contributed by atoms with Gasteiger partial charge in [-0.25, -0.2) is 4.39 Å². The van der Waals surface area contributed by atoms with Crippen molar-refractivity contribution in [3.05, 3.63) is 30.1 Å². The summed E-state index contributed by atoms with van der Waals surface area (Å²) < 4.78 is 12.8. The molecule has 0 saturated carbocycles.